The highest BCUT2D eigenvalue weighted by Crippen LogP contribution is 2.30. The van der Waals surface area contributed by atoms with Crippen LogP contribution in [0.15, 0.2) is 70.4 Å². The molecule has 0 aliphatic heterocycles. The molecule has 0 radical (unpaired) electrons. The van der Waals surface area contributed by atoms with Crippen molar-refractivity contribution in [3.05, 3.63) is 87.9 Å². The first-order valence-electron chi connectivity index (χ1n) is 9.09. The molecule has 0 saturated carbocycles. The number of benzene rings is 2. The van der Waals surface area contributed by atoms with Crippen molar-refractivity contribution in [2.24, 2.45) is 5.10 Å². The summed E-state index contributed by atoms with van der Waals surface area (Å²) in [6.45, 7) is 1.36. The number of hydrogen-bond donors (Lipinski definition) is 2. The molecular formula is C21H16N4O7. The number of nitrogens with zero attached hydrogens (tertiary/aromatic N) is 2. The van der Waals surface area contributed by atoms with E-state index < -0.39 is 22.5 Å². The predicted octanol–water partition coefficient (Wildman–Crippen LogP) is 3.13. The normalized spacial score (nSPS) is 10.5. The summed E-state index contributed by atoms with van der Waals surface area (Å²) in [5.41, 5.74) is 2.69. The Morgan fingerprint density at radius 2 is 1.84 bits per heavy atom. The van der Waals surface area contributed by atoms with Crippen molar-refractivity contribution in [1.29, 1.82) is 0 Å². The van der Waals surface area contributed by atoms with Gasteiger partial charge < -0.3 is 14.5 Å². The molecule has 2 aromatic carbocycles. The van der Waals surface area contributed by atoms with Gasteiger partial charge in [0.25, 0.3) is 5.91 Å². The van der Waals surface area contributed by atoms with E-state index in [0.717, 1.165) is 12.3 Å². The van der Waals surface area contributed by atoms with Crippen molar-refractivity contribution in [3.63, 3.8) is 0 Å². The second-order valence-corrected chi connectivity index (χ2v) is 6.28. The molecule has 162 valence electrons. The molecular weight excluding hydrogens is 420 g/mol. The first-order valence-corrected chi connectivity index (χ1v) is 9.09. The number of ether oxygens (including phenoxy) is 1. The molecule has 0 spiro atoms. The molecule has 11 nitrogen and oxygen atoms in total. The molecule has 0 aliphatic carbocycles. The van der Waals surface area contributed by atoms with E-state index in [0.29, 0.717) is 5.69 Å². The maximum Gasteiger partial charge on any atom is 0.379 e. The van der Waals surface area contributed by atoms with Crippen LogP contribution in [0.3, 0.4) is 0 Å². The van der Waals surface area contributed by atoms with Gasteiger partial charge in [-0.2, -0.15) is 5.10 Å². The highest BCUT2D eigenvalue weighted by atomic mass is 16.6. The highest BCUT2D eigenvalue weighted by molar-refractivity contribution is 5.97. The molecule has 0 atom stereocenters. The lowest BCUT2D eigenvalue weighted by Gasteiger charge is -2.07. The summed E-state index contributed by atoms with van der Waals surface area (Å²) >= 11 is 0. The van der Waals surface area contributed by atoms with E-state index in [1.54, 1.807) is 12.1 Å². The van der Waals surface area contributed by atoms with Gasteiger partial charge in [0.1, 0.15) is 0 Å². The summed E-state index contributed by atoms with van der Waals surface area (Å²) in [7, 11) is 0. The fraction of sp³-hybridized carbons (Fsp3) is 0.0476. The Balaban J connectivity index is 1.76. The zero-order valence-corrected chi connectivity index (χ0v) is 16.6. The fourth-order valence-electron chi connectivity index (χ4n) is 2.57. The monoisotopic (exact) mass is 436 g/mol. The highest BCUT2D eigenvalue weighted by Gasteiger charge is 2.23. The van der Waals surface area contributed by atoms with Crippen LogP contribution in [0.2, 0.25) is 0 Å². The number of furan rings is 1. The van der Waals surface area contributed by atoms with Gasteiger partial charge >= 0.3 is 11.7 Å². The van der Waals surface area contributed by atoms with E-state index in [-0.39, 0.29) is 28.5 Å². The maximum absolute atomic E-state index is 12.2. The number of nitro benzene ring substituents is 1. The number of nitrogens with one attached hydrogen (secondary N) is 2. The van der Waals surface area contributed by atoms with Crippen LogP contribution >= 0.6 is 0 Å². The van der Waals surface area contributed by atoms with Gasteiger partial charge in [-0.15, -0.1) is 0 Å². The fourth-order valence-corrected chi connectivity index (χ4v) is 2.57. The second kappa shape index (κ2) is 9.80. The van der Waals surface area contributed by atoms with E-state index in [4.69, 9.17) is 9.15 Å². The van der Waals surface area contributed by atoms with Gasteiger partial charge in [-0.1, -0.05) is 6.07 Å². The van der Waals surface area contributed by atoms with Gasteiger partial charge in [0, 0.05) is 29.8 Å². The molecule has 0 saturated heterocycles. The number of rotatable bonds is 7. The number of nitro groups is 1. The minimum absolute atomic E-state index is 0.0837. The molecule has 0 fully saturated rings. The zero-order valence-electron chi connectivity index (χ0n) is 16.6. The van der Waals surface area contributed by atoms with Gasteiger partial charge in [-0.05, 0) is 42.5 Å². The molecule has 11 heteroatoms. The Labute approximate surface area is 180 Å². The number of esters is 1. The Bertz CT molecular complexity index is 1190. The lowest BCUT2D eigenvalue weighted by atomic mass is 10.2. The Morgan fingerprint density at radius 3 is 2.47 bits per heavy atom. The van der Waals surface area contributed by atoms with Crippen LogP contribution in [0, 0.1) is 10.1 Å². The number of anilines is 1. The minimum atomic E-state index is -0.928. The molecule has 0 unspecified atom stereocenters. The summed E-state index contributed by atoms with van der Waals surface area (Å²) in [5, 5.41) is 17.7. The molecule has 3 aromatic rings. The number of carbonyl (C=O) groups is 3. The lowest BCUT2D eigenvalue weighted by Crippen LogP contribution is -2.18. The summed E-state index contributed by atoms with van der Waals surface area (Å²) in [5.74, 6) is -2.22. The molecule has 0 aliphatic rings. The Morgan fingerprint density at radius 1 is 1.09 bits per heavy atom. The average Bonchev–Trinajstić information content (AvgIpc) is 3.29. The maximum atomic E-state index is 12.2. The molecule has 32 heavy (non-hydrogen) atoms. The number of hydrazone groups is 1. The molecule has 3 rings (SSSR count). The van der Waals surface area contributed by atoms with Gasteiger partial charge in [0.05, 0.1) is 17.4 Å². The smallest absolute Gasteiger partial charge is 0.379 e. The van der Waals surface area contributed by atoms with E-state index in [2.05, 4.69) is 15.8 Å². The zero-order chi connectivity index (χ0) is 23.1. The van der Waals surface area contributed by atoms with Gasteiger partial charge in [0.2, 0.25) is 17.4 Å². The molecule has 1 heterocycles. The number of para-hydroxylation sites is 1. The van der Waals surface area contributed by atoms with Crippen LogP contribution in [0.1, 0.15) is 33.4 Å². The van der Waals surface area contributed by atoms with Crippen LogP contribution in [0.25, 0.3) is 0 Å². The summed E-state index contributed by atoms with van der Waals surface area (Å²) < 4.78 is 10.1. The van der Waals surface area contributed by atoms with Crippen LogP contribution in [-0.2, 0) is 4.79 Å². The first kappa shape index (κ1) is 21.9. The van der Waals surface area contributed by atoms with Gasteiger partial charge in [0.15, 0.2) is 0 Å². The number of carbonyl (C=O) groups excluding carboxylic acids is 3. The van der Waals surface area contributed by atoms with Crippen molar-refractivity contribution in [2.75, 3.05) is 5.32 Å². The van der Waals surface area contributed by atoms with E-state index >= 15 is 0 Å². The molecule has 2 amide bonds. The van der Waals surface area contributed by atoms with Crippen LogP contribution < -0.4 is 15.5 Å². The van der Waals surface area contributed by atoms with Crippen molar-refractivity contribution >= 4 is 35.4 Å². The van der Waals surface area contributed by atoms with Crippen LogP contribution in [-0.4, -0.2) is 28.9 Å². The van der Waals surface area contributed by atoms with Crippen molar-refractivity contribution in [3.8, 4) is 5.75 Å². The second-order valence-electron chi connectivity index (χ2n) is 6.28. The summed E-state index contributed by atoms with van der Waals surface area (Å²) in [6.07, 6.45) is 2.37. The lowest BCUT2D eigenvalue weighted by molar-refractivity contribution is -0.385. The van der Waals surface area contributed by atoms with Crippen molar-refractivity contribution < 1.29 is 28.5 Å². The summed E-state index contributed by atoms with van der Waals surface area (Å²) in [6, 6.07) is 12.9. The van der Waals surface area contributed by atoms with Crippen LogP contribution in [0.5, 0.6) is 5.75 Å². The van der Waals surface area contributed by atoms with Crippen molar-refractivity contribution in [1.82, 2.24) is 5.43 Å². The Kier molecular flexibility index (Phi) is 6.71. The summed E-state index contributed by atoms with van der Waals surface area (Å²) in [4.78, 5) is 46.1. The van der Waals surface area contributed by atoms with E-state index in [9.17, 15) is 24.5 Å². The standard InChI is InChI=1S/C21H16N4O7/c1-13(26)23-16-9-7-14(8-10-16)20(27)24-22-12-15-4-2-5-17(25(29)30)19(15)32-21(28)18-6-3-11-31-18/h2-12H,1H3,(H,23,26)(H,24,27)/b22-12+. The van der Waals surface area contributed by atoms with Crippen molar-refractivity contribution in [2.45, 2.75) is 6.92 Å². The van der Waals surface area contributed by atoms with E-state index in [1.807, 2.05) is 0 Å². The topological polar surface area (TPSA) is 153 Å². The third kappa shape index (κ3) is 5.42. The largest absolute Gasteiger partial charge is 0.457 e. The van der Waals surface area contributed by atoms with Gasteiger partial charge in [-0.3, -0.25) is 19.7 Å². The quantitative estimate of drug-likeness (QED) is 0.190. The third-order valence-electron chi connectivity index (χ3n) is 3.98. The molecule has 1 aromatic heterocycles. The van der Waals surface area contributed by atoms with Crippen LogP contribution in [0.4, 0.5) is 11.4 Å². The van der Waals surface area contributed by atoms with Gasteiger partial charge in [-0.25, -0.2) is 10.2 Å². The number of amides is 2. The van der Waals surface area contributed by atoms with E-state index in [1.165, 1.54) is 49.6 Å². The number of hydrogen-bond acceptors (Lipinski definition) is 8. The molecule has 0 bridgehead atoms. The Hall–Kier alpha value is -4.80. The minimum Gasteiger partial charge on any atom is -0.457 e. The average molecular weight is 436 g/mol. The first-order chi connectivity index (χ1) is 15.3. The predicted molar refractivity (Wildman–Crippen MR) is 113 cm³/mol. The third-order valence-corrected chi connectivity index (χ3v) is 3.98. The SMILES string of the molecule is CC(=O)Nc1ccc(C(=O)N/N=C/c2cccc([N+](=O)[O-])c2OC(=O)c2ccco2)cc1. The molecule has 2 N–H and O–H groups in total.